The Hall–Kier alpha value is -1.70. The van der Waals surface area contributed by atoms with Gasteiger partial charge in [0.2, 0.25) is 0 Å². The third kappa shape index (κ3) is 1.64. The minimum Gasteiger partial charge on any atom is -0.303 e. The molecule has 0 heterocycles. The Kier molecular flexibility index (Phi) is 2.27. The minimum absolute atomic E-state index is 0.249. The summed E-state index contributed by atoms with van der Waals surface area (Å²) in [7, 11) is 0. The first-order valence-electron chi connectivity index (χ1n) is 4.41. The van der Waals surface area contributed by atoms with Gasteiger partial charge in [-0.2, -0.15) is 0 Å². The molecule has 0 saturated carbocycles. The molecular weight excluding hydrogens is 179 g/mol. The van der Waals surface area contributed by atoms with Crippen molar-refractivity contribution in [1.29, 1.82) is 0 Å². The number of benzene rings is 2. The topological polar surface area (TPSA) is 17.1 Å². The van der Waals surface area contributed by atoms with Crippen LogP contribution in [0.15, 0.2) is 36.4 Å². The first-order valence-corrected chi connectivity index (χ1v) is 4.41. The number of carbonyl (C=O) groups excluding carboxylic acids is 1. The number of halogens is 1. The maximum atomic E-state index is 12.9. The summed E-state index contributed by atoms with van der Waals surface area (Å²) in [6.07, 6.45) is 1.23. The Labute approximate surface area is 81.2 Å². The van der Waals surface area contributed by atoms with Crippen LogP contribution >= 0.6 is 0 Å². The molecule has 0 saturated heterocycles. The van der Waals surface area contributed by atoms with Crippen LogP contribution in [0.25, 0.3) is 10.8 Å². The third-order valence-electron chi connectivity index (χ3n) is 2.19. The van der Waals surface area contributed by atoms with E-state index in [0.29, 0.717) is 6.42 Å². The summed E-state index contributed by atoms with van der Waals surface area (Å²) >= 11 is 0. The lowest BCUT2D eigenvalue weighted by atomic mass is 10.1. The van der Waals surface area contributed by atoms with Crippen LogP contribution in [0.3, 0.4) is 0 Å². The standard InChI is InChI=1S/C12H9FO/c13-12-4-3-10-2-1-9(5-6-14)7-11(10)8-12/h1-4,6-8H,5H2. The highest BCUT2D eigenvalue weighted by Gasteiger charge is 1.97. The van der Waals surface area contributed by atoms with Crippen molar-refractivity contribution in [3.05, 3.63) is 47.8 Å². The Morgan fingerprint density at radius 3 is 2.64 bits per heavy atom. The van der Waals surface area contributed by atoms with E-state index in [1.807, 2.05) is 18.2 Å². The van der Waals surface area contributed by atoms with Gasteiger partial charge in [-0.25, -0.2) is 4.39 Å². The van der Waals surface area contributed by atoms with Gasteiger partial charge < -0.3 is 4.79 Å². The molecule has 1 nitrogen and oxygen atoms in total. The summed E-state index contributed by atoms with van der Waals surface area (Å²) in [4.78, 5) is 10.3. The average Bonchev–Trinajstić information content (AvgIpc) is 2.17. The molecule has 2 aromatic rings. The van der Waals surface area contributed by atoms with Gasteiger partial charge in [-0.05, 0) is 28.5 Å². The fourth-order valence-corrected chi connectivity index (χ4v) is 1.49. The number of hydrogen-bond donors (Lipinski definition) is 0. The second-order valence-corrected chi connectivity index (χ2v) is 3.20. The number of carbonyl (C=O) groups is 1. The van der Waals surface area contributed by atoms with Crippen molar-refractivity contribution in [2.75, 3.05) is 0 Å². The molecule has 0 amide bonds. The van der Waals surface area contributed by atoms with E-state index in [2.05, 4.69) is 0 Å². The molecular formula is C12H9FO. The summed E-state index contributed by atoms with van der Waals surface area (Å²) in [5, 5.41) is 1.82. The molecule has 2 heteroatoms. The van der Waals surface area contributed by atoms with Crippen molar-refractivity contribution in [1.82, 2.24) is 0 Å². The zero-order chi connectivity index (χ0) is 9.97. The second-order valence-electron chi connectivity index (χ2n) is 3.20. The van der Waals surface area contributed by atoms with Gasteiger partial charge in [-0.15, -0.1) is 0 Å². The fraction of sp³-hybridized carbons (Fsp3) is 0.0833. The highest BCUT2D eigenvalue weighted by molar-refractivity contribution is 5.83. The zero-order valence-corrected chi connectivity index (χ0v) is 7.53. The van der Waals surface area contributed by atoms with Crippen LogP contribution in [-0.2, 0) is 11.2 Å². The van der Waals surface area contributed by atoms with Crippen molar-refractivity contribution in [2.45, 2.75) is 6.42 Å². The predicted molar refractivity (Wildman–Crippen MR) is 53.7 cm³/mol. The van der Waals surface area contributed by atoms with Gasteiger partial charge in [0, 0.05) is 6.42 Å². The molecule has 2 aromatic carbocycles. The Balaban J connectivity index is 2.57. The van der Waals surface area contributed by atoms with Crippen molar-refractivity contribution in [2.24, 2.45) is 0 Å². The number of hydrogen-bond acceptors (Lipinski definition) is 1. The maximum Gasteiger partial charge on any atom is 0.124 e. The number of fused-ring (bicyclic) bond motifs is 1. The van der Waals surface area contributed by atoms with Crippen LogP contribution in [-0.4, -0.2) is 6.29 Å². The first-order chi connectivity index (χ1) is 6.79. The highest BCUT2D eigenvalue weighted by atomic mass is 19.1. The van der Waals surface area contributed by atoms with Crippen molar-refractivity contribution in [3.8, 4) is 0 Å². The normalized spacial score (nSPS) is 10.4. The Bertz CT molecular complexity index is 477. The fourth-order valence-electron chi connectivity index (χ4n) is 1.49. The molecule has 14 heavy (non-hydrogen) atoms. The van der Waals surface area contributed by atoms with Gasteiger partial charge in [0.05, 0.1) is 0 Å². The molecule has 0 N–H and O–H groups in total. The van der Waals surface area contributed by atoms with Crippen LogP contribution in [0.2, 0.25) is 0 Å². The lowest BCUT2D eigenvalue weighted by Gasteiger charge is -2.00. The lowest BCUT2D eigenvalue weighted by Crippen LogP contribution is -1.85. The van der Waals surface area contributed by atoms with E-state index >= 15 is 0 Å². The monoisotopic (exact) mass is 188 g/mol. The van der Waals surface area contributed by atoms with Crippen LogP contribution in [0.5, 0.6) is 0 Å². The predicted octanol–water partition coefficient (Wildman–Crippen LogP) is 2.72. The quantitative estimate of drug-likeness (QED) is 0.662. The largest absolute Gasteiger partial charge is 0.303 e. The van der Waals surface area contributed by atoms with Gasteiger partial charge in [0.1, 0.15) is 12.1 Å². The van der Waals surface area contributed by atoms with Crippen molar-refractivity contribution in [3.63, 3.8) is 0 Å². The summed E-state index contributed by atoms with van der Waals surface area (Å²) in [5.41, 5.74) is 0.915. The molecule has 70 valence electrons. The molecule has 0 aliphatic rings. The summed E-state index contributed by atoms with van der Waals surface area (Å²) in [5.74, 6) is -0.249. The molecule has 0 fully saturated rings. The average molecular weight is 188 g/mol. The molecule has 0 spiro atoms. The van der Waals surface area contributed by atoms with Crippen LogP contribution < -0.4 is 0 Å². The SMILES string of the molecule is O=CCc1ccc2ccc(F)cc2c1. The van der Waals surface area contributed by atoms with E-state index in [1.54, 1.807) is 6.07 Å². The van der Waals surface area contributed by atoms with E-state index in [-0.39, 0.29) is 5.82 Å². The smallest absolute Gasteiger partial charge is 0.124 e. The summed E-state index contributed by atoms with van der Waals surface area (Å²) in [6, 6.07) is 10.3. The highest BCUT2D eigenvalue weighted by Crippen LogP contribution is 2.17. The molecule has 0 bridgehead atoms. The van der Waals surface area contributed by atoms with Gasteiger partial charge in [0.15, 0.2) is 0 Å². The summed E-state index contributed by atoms with van der Waals surface area (Å²) < 4.78 is 12.9. The second kappa shape index (κ2) is 3.58. The number of rotatable bonds is 2. The molecule has 0 atom stereocenters. The molecule has 0 aliphatic carbocycles. The number of aldehydes is 1. The van der Waals surface area contributed by atoms with Gasteiger partial charge in [-0.3, -0.25) is 0 Å². The van der Waals surface area contributed by atoms with Gasteiger partial charge in [-0.1, -0.05) is 24.3 Å². The van der Waals surface area contributed by atoms with E-state index in [1.165, 1.54) is 12.1 Å². The molecule has 2 rings (SSSR count). The molecule has 0 aliphatic heterocycles. The molecule has 0 aromatic heterocycles. The maximum absolute atomic E-state index is 12.9. The van der Waals surface area contributed by atoms with Crippen molar-refractivity contribution >= 4 is 17.1 Å². The van der Waals surface area contributed by atoms with Crippen LogP contribution in [0.4, 0.5) is 4.39 Å². The van der Waals surface area contributed by atoms with E-state index < -0.39 is 0 Å². The Morgan fingerprint density at radius 1 is 1.07 bits per heavy atom. The van der Waals surface area contributed by atoms with Gasteiger partial charge >= 0.3 is 0 Å². The molecule has 0 radical (unpaired) electrons. The Morgan fingerprint density at radius 2 is 1.86 bits per heavy atom. The molecule has 0 unspecified atom stereocenters. The first kappa shape index (κ1) is 8.88. The van der Waals surface area contributed by atoms with E-state index in [0.717, 1.165) is 22.6 Å². The van der Waals surface area contributed by atoms with E-state index in [4.69, 9.17) is 0 Å². The van der Waals surface area contributed by atoms with Crippen molar-refractivity contribution < 1.29 is 9.18 Å². The minimum atomic E-state index is -0.249. The van der Waals surface area contributed by atoms with E-state index in [9.17, 15) is 9.18 Å². The third-order valence-corrected chi connectivity index (χ3v) is 2.19. The zero-order valence-electron chi connectivity index (χ0n) is 7.53. The van der Waals surface area contributed by atoms with Crippen LogP contribution in [0.1, 0.15) is 5.56 Å². The summed E-state index contributed by atoms with van der Waals surface area (Å²) in [6.45, 7) is 0. The lowest BCUT2D eigenvalue weighted by molar-refractivity contribution is -0.107. The van der Waals surface area contributed by atoms with Gasteiger partial charge in [0.25, 0.3) is 0 Å². The van der Waals surface area contributed by atoms with Crippen LogP contribution in [0, 0.1) is 5.82 Å².